The first-order valence-electron chi connectivity index (χ1n) is 7.42. The lowest BCUT2D eigenvalue weighted by Crippen LogP contribution is -2.18. The van der Waals surface area contributed by atoms with Gasteiger partial charge in [-0.3, -0.25) is 4.98 Å². The van der Waals surface area contributed by atoms with Crippen LogP contribution in [0.2, 0.25) is 0 Å². The van der Waals surface area contributed by atoms with Gasteiger partial charge in [-0.1, -0.05) is 25.5 Å². The summed E-state index contributed by atoms with van der Waals surface area (Å²) in [5.41, 5.74) is 9.65. The van der Waals surface area contributed by atoms with Gasteiger partial charge in [-0.15, -0.1) is 0 Å². The van der Waals surface area contributed by atoms with E-state index < -0.39 is 0 Å². The van der Waals surface area contributed by atoms with Gasteiger partial charge in [0.05, 0.1) is 17.1 Å². The molecule has 0 amide bonds. The number of para-hydroxylation sites is 2. The zero-order chi connectivity index (χ0) is 14.7. The summed E-state index contributed by atoms with van der Waals surface area (Å²) in [7, 11) is 0. The second kappa shape index (κ2) is 6.06. The minimum absolute atomic E-state index is 0.225. The summed E-state index contributed by atoms with van der Waals surface area (Å²) in [5, 5.41) is 0. The predicted octanol–water partition coefficient (Wildman–Crippen LogP) is 3.28. The van der Waals surface area contributed by atoms with Gasteiger partial charge in [-0.25, -0.2) is 4.98 Å². The molecule has 2 N–H and O–H groups in total. The molecule has 4 nitrogen and oxygen atoms in total. The number of hydrogen-bond acceptors (Lipinski definition) is 3. The second-order valence-electron chi connectivity index (χ2n) is 5.22. The van der Waals surface area contributed by atoms with Crippen LogP contribution >= 0.6 is 0 Å². The third-order valence-corrected chi connectivity index (χ3v) is 3.76. The van der Waals surface area contributed by atoms with Gasteiger partial charge in [0.1, 0.15) is 5.82 Å². The maximum absolute atomic E-state index is 6.44. The van der Waals surface area contributed by atoms with Crippen LogP contribution in [0.25, 0.3) is 11.0 Å². The summed E-state index contributed by atoms with van der Waals surface area (Å²) >= 11 is 0. The number of imidazole rings is 1. The maximum Gasteiger partial charge on any atom is 0.131 e. The number of pyridine rings is 1. The van der Waals surface area contributed by atoms with Crippen molar-refractivity contribution < 1.29 is 0 Å². The molecule has 0 saturated heterocycles. The van der Waals surface area contributed by atoms with Gasteiger partial charge < -0.3 is 10.3 Å². The molecule has 0 radical (unpaired) electrons. The first-order valence-corrected chi connectivity index (χ1v) is 7.42. The Morgan fingerprint density at radius 3 is 2.67 bits per heavy atom. The van der Waals surface area contributed by atoms with Crippen molar-refractivity contribution in [3.05, 3.63) is 60.2 Å². The molecule has 0 spiro atoms. The molecule has 4 heteroatoms. The van der Waals surface area contributed by atoms with Crippen molar-refractivity contribution >= 4 is 11.0 Å². The van der Waals surface area contributed by atoms with Crippen LogP contribution in [-0.4, -0.2) is 14.5 Å². The van der Waals surface area contributed by atoms with Gasteiger partial charge in [0.15, 0.2) is 0 Å². The summed E-state index contributed by atoms with van der Waals surface area (Å²) in [5.74, 6) is 0.927. The Morgan fingerprint density at radius 2 is 1.90 bits per heavy atom. The van der Waals surface area contributed by atoms with E-state index in [0.29, 0.717) is 0 Å². The van der Waals surface area contributed by atoms with Crippen molar-refractivity contribution in [1.29, 1.82) is 0 Å². The third kappa shape index (κ3) is 2.67. The molecule has 0 saturated carbocycles. The Balaban J connectivity index is 2.08. The van der Waals surface area contributed by atoms with Crippen LogP contribution < -0.4 is 5.73 Å². The number of aromatic nitrogens is 3. The molecule has 1 unspecified atom stereocenters. The SMILES string of the molecule is CCCCn1c(C(N)c2ccncc2)nc2ccccc21. The Hall–Kier alpha value is -2.20. The monoisotopic (exact) mass is 280 g/mol. The summed E-state index contributed by atoms with van der Waals surface area (Å²) in [6, 6.07) is 11.9. The van der Waals surface area contributed by atoms with E-state index in [1.54, 1.807) is 12.4 Å². The topological polar surface area (TPSA) is 56.7 Å². The Labute approximate surface area is 124 Å². The minimum Gasteiger partial charge on any atom is -0.326 e. The summed E-state index contributed by atoms with van der Waals surface area (Å²) in [4.78, 5) is 8.81. The fourth-order valence-corrected chi connectivity index (χ4v) is 2.60. The number of hydrogen-bond donors (Lipinski definition) is 1. The average molecular weight is 280 g/mol. The van der Waals surface area contributed by atoms with E-state index in [1.165, 1.54) is 0 Å². The molecule has 0 aliphatic carbocycles. The summed E-state index contributed by atoms with van der Waals surface area (Å²) < 4.78 is 2.25. The van der Waals surface area contributed by atoms with Crippen LogP contribution in [-0.2, 0) is 6.54 Å². The molecular weight excluding hydrogens is 260 g/mol. The van der Waals surface area contributed by atoms with Gasteiger partial charge in [-0.2, -0.15) is 0 Å². The van der Waals surface area contributed by atoms with E-state index in [2.05, 4.69) is 22.5 Å². The molecule has 2 heterocycles. The lowest BCUT2D eigenvalue weighted by atomic mass is 10.1. The fourth-order valence-electron chi connectivity index (χ4n) is 2.60. The molecule has 21 heavy (non-hydrogen) atoms. The number of benzene rings is 1. The molecule has 1 aromatic carbocycles. The highest BCUT2D eigenvalue weighted by molar-refractivity contribution is 5.76. The van der Waals surface area contributed by atoms with E-state index in [-0.39, 0.29) is 6.04 Å². The lowest BCUT2D eigenvalue weighted by Gasteiger charge is -2.14. The van der Waals surface area contributed by atoms with E-state index in [0.717, 1.165) is 41.8 Å². The molecule has 0 bridgehead atoms. The summed E-state index contributed by atoms with van der Waals surface area (Å²) in [6.07, 6.45) is 5.81. The highest BCUT2D eigenvalue weighted by atomic mass is 15.1. The number of unbranched alkanes of at least 4 members (excludes halogenated alkanes) is 1. The van der Waals surface area contributed by atoms with Crippen LogP contribution in [0, 0.1) is 0 Å². The van der Waals surface area contributed by atoms with Crippen LogP contribution in [0.15, 0.2) is 48.8 Å². The highest BCUT2D eigenvalue weighted by Crippen LogP contribution is 2.24. The van der Waals surface area contributed by atoms with Crippen LogP contribution in [0.4, 0.5) is 0 Å². The van der Waals surface area contributed by atoms with Crippen molar-refractivity contribution in [2.24, 2.45) is 5.73 Å². The molecule has 0 fully saturated rings. The standard InChI is InChI=1S/C17H20N4/c1-2-3-12-21-15-7-5-4-6-14(15)20-17(21)16(18)13-8-10-19-11-9-13/h4-11,16H,2-3,12,18H2,1H3. The quantitative estimate of drug-likeness (QED) is 0.780. The molecule has 3 rings (SSSR count). The van der Waals surface area contributed by atoms with Crippen LogP contribution in [0.3, 0.4) is 0 Å². The van der Waals surface area contributed by atoms with Crippen molar-refractivity contribution in [2.75, 3.05) is 0 Å². The maximum atomic E-state index is 6.44. The lowest BCUT2D eigenvalue weighted by molar-refractivity contribution is 0.598. The van der Waals surface area contributed by atoms with E-state index in [1.807, 2.05) is 30.3 Å². The van der Waals surface area contributed by atoms with Gasteiger partial charge >= 0.3 is 0 Å². The molecule has 0 aliphatic rings. The van der Waals surface area contributed by atoms with Crippen molar-refractivity contribution in [1.82, 2.24) is 14.5 Å². The van der Waals surface area contributed by atoms with Crippen molar-refractivity contribution in [2.45, 2.75) is 32.4 Å². The van der Waals surface area contributed by atoms with Gasteiger partial charge in [0.2, 0.25) is 0 Å². The third-order valence-electron chi connectivity index (χ3n) is 3.76. The number of fused-ring (bicyclic) bond motifs is 1. The van der Waals surface area contributed by atoms with E-state index >= 15 is 0 Å². The molecule has 3 aromatic rings. The second-order valence-corrected chi connectivity index (χ2v) is 5.22. The molecule has 0 aliphatic heterocycles. The number of nitrogens with two attached hydrogens (primary N) is 1. The Morgan fingerprint density at radius 1 is 1.14 bits per heavy atom. The fraction of sp³-hybridized carbons (Fsp3) is 0.294. The minimum atomic E-state index is -0.225. The van der Waals surface area contributed by atoms with Gasteiger partial charge in [0.25, 0.3) is 0 Å². The van der Waals surface area contributed by atoms with E-state index in [9.17, 15) is 0 Å². The number of nitrogens with zero attached hydrogens (tertiary/aromatic N) is 3. The van der Waals surface area contributed by atoms with Crippen molar-refractivity contribution in [3.63, 3.8) is 0 Å². The van der Waals surface area contributed by atoms with Gasteiger partial charge in [0, 0.05) is 18.9 Å². The first kappa shape index (κ1) is 13.8. The molecule has 2 aromatic heterocycles. The van der Waals surface area contributed by atoms with Crippen LogP contribution in [0.1, 0.15) is 37.2 Å². The largest absolute Gasteiger partial charge is 0.326 e. The molecule has 1 atom stereocenters. The zero-order valence-corrected chi connectivity index (χ0v) is 12.2. The van der Waals surface area contributed by atoms with Crippen molar-refractivity contribution in [3.8, 4) is 0 Å². The molecular formula is C17H20N4. The Bertz CT molecular complexity index is 718. The normalized spacial score (nSPS) is 12.7. The summed E-state index contributed by atoms with van der Waals surface area (Å²) in [6.45, 7) is 3.15. The highest BCUT2D eigenvalue weighted by Gasteiger charge is 2.18. The number of aryl methyl sites for hydroxylation is 1. The average Bonchev–Trinajstić information content (AvgIpc) is 2.91. The van der Waals surface area contributed by atoms with Gasteiger partial charge in [-0.05, 0) is 36.2 Å². The van der Waals surface area contributed by atoms with E-state index in [4.69, 9.17) is 10.7 Å². The first-order chi connectivity index (χ1) is 10.3. The van der Waals surface area contributed by atoms with Crippen LogP contribution in [0.5, 0.6) is 0 Å². The smallest absolute Gasteiger partial charge is 0.131 e. The molecule has 108 valence electrons. The predicted molar refractivity (Wildman–Crippen MR) is 84.9 cm³/mol. The number of rotatable bonds is 5. The zero-order valence-electron chi connectivity index (χ0n) is 12.2. The Kier molecular flexibility index (Phi) is 3.97.